The van der Waals surface area contributed by atoms with E-state index in [1.807, 2.05) is 0 Å². The summed E-state index contributed by atoms with van der Waals surface area (Å²) in [6, 6.07) is 5.08. The minimum atomic E-state index is -0.801. The lowest BCUT2D eigenvalue weighted by Gasteiger charge is -2.03. The van der Waals surface area contributed by atoms with E-state index in [2.05, 4.69) is 15.2 Å². The van der Waals surface area contributed by atoms with Crippen LogP contribution in [0.4, 0.5) is 0 Å². The molecule has 0 saturated carbocycles. The summed E-state index contributed by atoms with van der Waals surface area (Å²) in [5.41, 5.74) is 6.21. The predicted molar refractivity (Wildman–Crippen MR) is 73.6 cm³/mol. The van der Waals surface area contributed by atoms with Crippen molar-refractivity contribution >= 4 is 40.0 Å². The average Bonchev–Trinajstić information content (AvgIpc) is 2.88. The van der Waals surface area contributed by atoms with Crippen LogP contribution in [0.2, 0.25) is 10.0 Å². The van der Waals surface area contributed by atoms with Crippen molar-refractivity contribution in [3.05, 3.63) is 40.3 Å². The number of carbonyl (C=O) groups excluding carboxylic acids is 1. The monoisotopic (exact) mass is 308 g/mol. The molecule has 2 aromatic heterocycles. The van der Waals surface area contributed by atoms with Crippen LogP contribution in [0.3, 0.4) is 0 Å². The van der Waals surface area contributed by atoms with Crippen molar-refractivity contribution in [2.75, 3.05) is 0 Å². The van der Waals surface area contributed by atoms with Crippen LogP contribution in [0.25, 0.3) is 22.4 Å². The first-order chi connectivity index (χ1) is 9.54. The van der Waals surface area contributed by atoms with Crippen LogP contribution in [0, 0.1) is 0 Å². The number of nitrogens with two attached hydrogens (primary N) is 1. The van der Waals surface area contributed by atoms with E-state index < -0.39 is 5.91 Å². The molecule has 0 radical (unpaired) electrons. The average molecular weight is 309 g/mol. The Bertz CT molecular complexity index is 831. The van der Waals surface area contributed by atoms with Crippen LogP contribution in [-0.4, -0.2) is 21.1 Å². The number of amides is 1. The molecule has 0 bridgehead atoms. The second-order valence-electron chi connectivity index (χ2n) is 3.95. The van der Waals surface area contributed by atoms with Crippen molar-refractivity contribution < 1.29 is 9.21 Å². The normalized spacial score (nSPS) is 10.9. The van der Waals surface area contributed by atoms with Gasteiger partial charge in [0.15, 0.2) is 0 Å². The number of hydrogen-bond donors (Lipinski definition) is 1. The lowest BCUT2D eigenvalue weighted by Crippen LogP contribution is -2.10. The van der Waals surface area contributed by atoms with Gasteiger partial charge < -0.3 is 10.2 Å². The van der Waals surface area contributed by atoms with E-state index in [1.165, 1.54) is 6.20 Å². The zero-order chi connectivity index (χ0) is 14.3. The standard InChI is InChI=1S/C12H6Cl2N4O2/c13-6-1-5-2-7(8(14)3-9(5)16-4-6)11-17-18-12(20-11)10(15)19/h1-4H,(H2,15,19). The van der Waals surface area contributed by atoms with Crippen molar-refractivity contribution in [2.45, 2.75) is 0 Å². The molecule has 2 N–H and O–H groups in total. The third kappa shape index (κ3) is 2.19. The number of aromatic nitrogens is 3. The maximum Gasteiger partial charge on any atom is 0.306 e. The fraction of sp³-hybridized carbons (Fsp3) is 0. The first-order valence-electron chi connectivity index (χ1n) is 5.43. The van der Waals surface area contributed by atoms with E-state index in [1.54, 1.807) is 18.2 Å². The molecule has 0 unspecified atom stereocenters. The van der Waals surface area contributed by atoms with Gasteiger partial charge in [0.25, 0.3) is 0 Å². The molecule has 2 heterocycles. The topological polar surface area (TPSA) is 94.9 Å². The Morgan fingerprint density at radius 1 is 1.20 bits per heavy atom. The maximum atomic E-state index is 11.0. The highest BCUT2D eigenvalue weighted by molar-refractivity contribution is 6.34. The number of halogens is 2. The molecule has 1 amide bonds. The Hall–Kier alpha value is -2.18. The Labute approximate surface area is 122 Å². The molecule has 0 aliphatic heterocycles. The van der Waals surface area contributed by atoms with Crippen molar-refractivity contribution in [2.24, 2.45) is 5.73 Å². The minimum absolute atomic E-state index is 0.102. The smallest absolute Gasteiger partial charge is 0.306 e. The number of fused-ring (bicyclic) bond motifs is 1. The van der Waals surface area contributed by atoms with Gasteiger partial charge in [0.05, 0.1) is 21.1 Å². The largest absolute Gasteiger partial charge is 0.412 e. The van der Waals surface area contributed by atoms with E-state index in [0.717, 1.165) is 5.39 Å². The molecule has 100 valence electrons. The van der Waals surface area contributed by atoms with E-state index in [-0.39, 0.29) is 11.8 Å². The summed E-state index contributed by atoms with van der Waals surface area (Å²) in [6.45, 7) is 0. The molecule has 0 aliphatic carbocycles. The van der Waals surface area contributed by atoms with Gasteiger partial charge in [-0.2, -0.15) is 0 Å². The number of hydrogen-bond acceptors (Lipinski definition) is 5. The van der Waals surface area contributed by atoms with Gasteiger partial charge in [0.1, 0.15) is 0 Å². The molecule has 0 saturated heterocycles. The molecular weight excluding hydrogens is 303 g/mol. The van der Waals surface area contributed by atoms with E-state index in [9.17, 15) is 4.79 Å². The minimum Gasteiger partial charge on any atom is -0.412 e. The van der Waals surface area contributed by atoms with Crippen LogP contribution in [0.15, 0.2) is 28.8 Å². The fourth-order valence-corrected chi connectivity index (χ4v) is 2.12. The molecule has 20 heavy (non-hydrogen) atoms. The van der Waals surface area contributed by atoms with Crippen LogP contribution in [0.1, 0.15) is 10.7 Å². The number of carbonyl (C=O) groups is 1. The Balaban J connectivity index is 2.19. The number of primary amides is 1. The fourth-order valence-electron chi connectivity index (χ4n) is 1.72. The molecule has 0 aliphatic rings. The van der Waals surface area contributed by atoms with Crippen LogP contribution in [-0.2, 0) is 0 Å². The summed E-state index contributed by atoms with van der Waals surface area (Å²) >= 11 is 12.0. The lowest BCUT2D eigenvalue weighted by atomic mass is 10.1. The Morgan fingerprint density at radius 2 is 2.00 bits per heavy atom. The molecule has 3 rings (SSSR count). The van der Waals surface area contributed by atoms with Gasteiger partial charge >= 0.3 is 11.8 Å². The van der Waals surface area contributed by atoms with Gasteiger partial charge in [-0.25, -0.2) is 0 Å². The highest BCUT2D eigenvalue weighted by Gasteiger charge is 2.16. The van der Waals surface area contributed by atoms with Gasteiger partial charge in [0, 0.05) is 11.6 Å². The third-order valence-electron chi connectivity index (χ3n) is 2.60. The zero-order valence-corrected chi connectivity index (χ0v) is 11.3. The van der Waals surface area contributed by atoms with Gasteiger partial charge in [0.2, 0.25) is 5.89 Å². The lowest BCUT2D eigenvalue weighted by molar-refractivity contribution is 0.0968. The van der Waals surface area contributed by atoms with Crippen molar-refractivity contribution in [3.63, 3.8) is 0 Å². The molecule has 1 aromatic carbocycles. The molecule has 0 fully saturated rings. The van der Waals surface area contributed by atoms with Crippen molar-refractivity contribution in [3.8, 4) is 11.5 Å². The maximum absolute atomic E-state index is 11.0. The molecule has 0 atom stereocenters. The van der Waals surface area contributed by atoms with E-state index >= 15 is 0 Å². The first-order valence-corrected chi connectivity index (χ1v) is 6.18. The Kier molecular flexibility index (Phi) is 3.04. The van der Waals surface area contributed by atoms with E-state index in [0.29, 0.717) is 21.1 Å². The van der Waals surface area contributed by atoms with Crippen LogP contribution < -0.4 is 5.73 Å². The summed E-state index contributed by atoms with van der Waals surface area (Å²) in [7, 11) is 0. The molecular formula is C12H6Cl2N4O2. The van der Waals surface area contributed by atoms with Crippen molar-refractivity contribution in [1.82, 2.24) is 15.2 Å². The molecule has 8 heteroatoms. The highest BCUT2D eigenvalue weighted by atomic mass is 35.5. The summed E-state index contributed by atoms with van der Waals surface area (Å²) in [4.78, 5) is 15.1. The van der Waals surface area contributed by atoms with Crippen LogP contribution in [0.5, 0.6) is 0 Å². The summed E-state index contributed by atoms with van der Waals surface area (Å²) in [5, 5.41) is 8.90. The van der Waals surface area contributed by atoms with Crippen LogP contribution >= 0.6 is 23.2 Å². The number of pyridine rings is 1. The summed E-state index contributed by atoms with van der Waals surface area (Å²) in [5.74, 6) is -0.976. The quantitative estimate of drug-likeness (QED) is 0.785. The van der Waals surface area contributed by atoms with Gasteiger partial charge in [-0.3, -0.25) is 9.78 Å². The molecule has 3 aromatic rings. The zero-order valence-electron chi connectivity index (χ0n) is 9.80. The number of nitrogens with zero attached hydrogens (tertiary/aromatic N) is 3. The number of benzene rings is 1. The Morgan fingerprint density at radius 3 is 2.70 bits per heavy atom. The SMILES string of the molecule is NC(=O)c1nnc(-c2cc3cc(Cl)cnc3cc2Cl)o1. The van der Waals surface area contributed by atoms with Gasteiger partial charge in [-0.1, -0.05) is 23.2 Å². The number of rotatable bonds is 2. The van der Waals surface area contributed by atoms with Gasteiger partial charge in [-0.05, 0) is 18.2 Å². The third-order valence-corrected chi connectivity index (χ3v) is 3.12. The summed E-state index contributed by atoms with van der Waals surface area (Å²) < 4.78 is 5.16. The summed E-state index contributed by atoms with van der Waals surface area (Å²) in [6.07, 6.45) is 1.53. The van der Waals surface area contributed by atoms with Crippen molar-refractivity contribution in [1.29, 1.82) is 0 Å². The second kappa shape index (κ2) is 4.73. The van der Waals surface area contributed by atoms with E-state index in [4.69, 9.17) is 33.4 Å². The van der Waals surface area contributed by atoms with Gasteiger partial charge in [-0.15, -0.1) is 10.2 Å². The second-order valence-corrected chi connectivity index (χ2v) is 4.80. The molecule has 0 spiro atoms. The predicted octanol–water partition coefficient (Wildman–Crippen LogP) is 2.69. The first kappa shape index (κ1) is 12.8. The molecule has 6 nitrogen and oxygen atoms in total. The highest BCUT2D eigenvalue weighted by Crippen LogP contribution is 2.31.